The maximum absolute atomic E-state index is 12.1. The number of fused-ring (bicyclic) bond motifs is 1. The summed E-state index contributed by atoms with van der Waals surface area (Å²) in [5, 5.41) is 0.662. The number of carbonyl (C=O) groups excluding carboxylic acids is 2. The number of halogens is 1. The van der Waals surface area contributed by atoms with Gasteiger partial charge in [0, 0.05) is 5.02 Å². The van der Waals surface area contributed by atoms with E-state index in [1.54, 1.807) is 30.3 Å². The Hall–Kier alpha value is -2.93. The van der Waals surface area contributed by atoms with E-state index in [-0.39, 0.29) is 13.2 Å². The molecule has 0 spiro atoms. The van der Waals surface area contributed by atoms with Crippen LogP contribution in [-0.4, -0.2) is 31.1 Å². The Morgan fingerprint density at radius 1 is 1.15 bits per heavy atom. The van der Waals surface area contributed by atoms with E-state index in [2.05, 4.69) is 10.9 Å². The van der Waals surface area contributed by atoms with Gasteiger partial charge in [0.1, 0.15) is 12.4 Å². The van der Waals surface area contributed by atoms with Crippen LogP contribution >= 0.6 is 11.6 Å². The van der Waals surface area contributed by atoms with E-state index in [0.29, 0.717) is 22.3 Å². The number of ether oxygens (including phenoxy) is 3. The predicted molar refractivity (Wildman–Crippen MR) is 99.1 cm³/mol. The molecule has 1 atom stereocenters. The molecule has 27 heavy (non-hydrogen) atoms. The molecule has 0 fully saturated rings. The number of para-hydroxylation sites is 2. The van der Waals surface area contributed by atoms with Crippen molar-refractivity contribution in [2.45, 2.75) is 20.0 Å². The second-order valence-corrected chi connectivity index (χ2v) is 6.44. The molecule has 2 N–H and O–H groups in total. The molecule has 0 bridgehead atoms. The highest BCUT2D eigenvalue weighted by molar-refractivity contribution is 6.32. The topological polar surface area (TPSA) is 85.9 Å². The van der Waals surface area contributed by atoms with Crippen molar-refractivity contribution in [1.82, 2.24) is 10.9 Å². The summed E-state index contributed by atoms with van der Waals surface area (Å²) >= 11 is 6.10. The van der Waals surface area contributed by atoms with Crippen LogP contribution in [0.3, 0.4) is 0 Å². The number of rotatable bonds is 4. The lowest BCUT2D eigenvalue weighted by atomic mass is 10.1. The van der Waals surface area contributed by atoms with Crippen LogP contribution in [0.4, 0.5) is 0 Å². The van der Waals surface area contributed by atoms with Gasteiger partial charge in [-0.2, -0.15) is 0 Å². The number of aryl methyl sites for hydroxylation is 2. The predicted octanol–water partition coefficient (Wildman–Crippen LogP) is 2.32. The fraction of sp³-hybridized carbons (Fsp3) is 0.263. The molecule has 1 aliphatic heterocycles. The van der Waals surface area contributed by atoms with Gasteiger partial charge in [-0.1, -0.05) is 23.7 Å². The first-order valence-corrected chi connectivity index (χ1v) is 8.68. The van der Waals surface area contributed by atoms with Gasteiger partial charge < -0.3 is 14.2 Å². The molecule has 1 aliphatic rings. The van der Waals surface area contributed by atoms with Gasteiger partial charge in [0.05, 0.1) is 0 Å². The van der Waals surface area contributed by atoms with Crippen molar-refractivity contribution >= 4 is 23.4 Å². The summed E-state index contributed by atoms with van der Waals surface area (Å²) < 4.78 is 16.5. The maximum Gasteiger partial charge on any atom is 0.283 e. The Bertz CT molecular complexity index is 848. The zero-order valence-corrected chi connectivity index (χ0v) is 15.6. The molecule has 3 rings (SSSR count). The summed E-state index contributed by atoms with van der Waals surface area (Å²) in [6, 6.07) is 10.5. The van der Waals surface area contributed by atoms with E-state index in [4.69, 9.17) is 25.8 Å². The normalized spacial score (nSPS) is 15.0. The van der Waals surface area contributed by atoms with Crippen molar-refractivity contribution in [3.05, 3.63) is 52.5 Å². The van der Waals surface area contributed by atoms with Crippen molar-refractivity contribution in [1.29, 1.82) is 0 Å². The number of hydrogen-bond acceptors (Lipinski definition) is 5. The van der Waals surface area contributed by atoms with E-state index in [9.17, 15) is 9.59 Å². The lowest BCUT2D eigenvalue weighted by Gasteiger charge is -2.25. The lowest BCUT2D eigenvalue weighted by Crippen LogP contribution is -2.51. The second-order valence-electron chi connectivity index (χ2n) is 6.06. The Labute approximate surface area is 161 Å². The highest BCUT2D eigenvalue weighted by Gasteiger charge is 2.27. The Morgan fingerprint density at radius 2 is 1.81 bits per heavy atom. The summed E-state index contributed by atoms with van der Waals surface area (Å²) in [5.74, 6) is 0.554. The minimum absolute atomic E-state index is 0.0541. The van der Waals surface area contributed by atoms with E-state index < -0.39 is 17.9 Å². The summed E-state index contributed by atoms with van der Waals surface area (Å²) in [6.07, 6.45) is -0.859. The van der Waals surface area contributed by atoms with Gasteiger partial charge in [-0.25, -0.2) is 0 Å². The molecular weight excluding hydrogens is 372 g/mol. The minimum atomic E-state index is -0.859. The van der Waals surface area contributed by atoms with Crippen LogP contribution < -0.4 is 25.1 Å². The van der Waals surface area contributed by atoms with Crippen LogP contribution in [0.5, 0.6) is 17.2 Å². The smallest absolute Gasteiger partial charge is 0.283 e. The number of amides is 2. The van der Waals surface area contributed by atoms with Crippen molar-refractivity contribution < 1.29 is 23.8 Å². The molecule has 2 aromatic carbocycles. The molecule has 7 nitrogen and oxygen atoms in total. The first-order valence-electron chi connectivity index (χ1n) is 8.31. The van der Waals surface area contributed by atoms with Gasteiger partial charge in [-0.3, -0.25) is 20.4 Å². The zero-order chi connectivity index (χ0) is 19.4. The molecule has 1 unspecified atom stereocenters. The standard InChI is InChI=1S/C19H19ClN2O5/c1-11-7-13(8-12(2)18(11)20)25-10-17(23)21-22-19(24)16-9-26-14-5-3-4-6-15(14)27-16/h3-8,16H,9-10H2,1-2H3,(H,21,23)(H,22,24). The molecule has 0 radical (unpaired) electrons. The van der Waals surface area contributed by atoms with Gasteiger partial charge in [0.2, 0.25) is 6.10 Å². The van der Waals surface area contributed by atoms with E-state index in [0.717, 1.165) is 11.1 Å². The average molecular weight is 391 g/mol. The average Bonchev–Trinajstić information content (AvgIpc) is 2.68. The number of carbonyl (C=O) groups is 2. The zero-order valence-electron chi connectivity index (χ0n) is 14.9. The molecule has 0 aromatic heterocycles. The fourth-order valence-electron chi connectivity index (χ4n) is 2.54. The molecule has 8 heteroatoms. The van der Waals surface area contributed by atoms with Gasteiger partial charge in [-0.05, 0) is 49.2 Å². The van der Waals surface area contributed by atoms with Crippen molar-refractivity contribution in [2.24, 2.45) is 0 Å². The first kappa shape index (κ1) is 18.8. The third-order valence-corrected chi connectivity index (χ3v) is 4.50. The van der Waals surface area contributed by atoms with Crippen LogP contribution in [0.2, 0.25) is 5.02 Å². The van der Waals surface area contributed by atoms with Gasteiger partial charge in [-0.15, -0.1) is 0 Å². The van der Waals surface area contributed by atoms with Gasteiger partial charge >= 0.3 is 0 Å². The highest BCUT2D eigenvalue weighted by Crippen LogP contribution is 2.30. The van der Waals surface area contributed by atoms with Crippen LogP contribution in [0.25, 0.3) is 0 Å². The first-order chi connectivity index (χ1) is 12.9. The molecule has 2 amide bonds. The Balaban J connectivity index is 1.46. The molecule has 0 aliphatic carbocycles. The largest absolute Gasteiger partial charge is 0.485 e. The van der Waals surface area contributed by atoms with E-state index in [1.807, 2.05) is 19.9 Å². The molecule has 0 saturated carbocycles. The molecule has 2 aromatic rings. The van der Waals surface area contributed by atoms with Crippen molar-refractivity contribution in [2.75, 3.05) is 13.2 Å². The van der Waals surface area contributed by atoms with Crippen molar-refractivity contribution in [3.8, 4) is 17.2 Å². The quantitative estimate of drug-likeness (QED) is 0.782. The Kier molecular flexibility index (Phi) is 5.71. The number of benzene rings is 2. The van der Waals surface area contributed by atoms with Gasteiger partial charge in [0.25, 0.3) is 11.8 Å². The fourth-order valence-corrected chi connectivity index (χ4v) is 2.64. The Morgan fingerprint density at radius 3 is 2.52 bits per heavy atom. The second kappa shape index (κ2) is 8.18. The minimum Gasteiger partial charge on any atom is -0.485 e. The molecule has 0 saturated heterocycles. The third-order valence-electron chi connectivity index (χ3n) is 3.91. The highest BCUT2D eigenvalue weighted by atomic mass is 35.5. The maximum atomic E-state index is 12.1. The third kappa shape index (κ3) is 4.62. The van der Waals surface area contributed by atoms with E-state index >= 15 is 0 Å². The number of hydrogen-bond donors (Lipinski definition) is 2. The summed E-state index contributed by atoms with van der Waals surface area (Å²) in [4.78, 5) is 24.0. The molecule has 1 heterocycles. The van der Waals surface area contributed by atoms with Crippen molar-refractivity contribution in [3.63, 3.8) is 0 Å². The molecular formula is C19H19ClN2O5. The van der Waals surface area contributed by atoms with Crippen LogP contribution in [0, 0.1) is 13.8 Å². The SMILES string of the molecule is Cc1cc(OCC(=O)NNC(=O)C2COc3ccccc3O2)cc(C)c1Cl. The van der Waals surface area contributed by atoms with Crippen LogP contribution in [-0.2, 0) is 9.59 Å². The van der Waals surface area contributed by atoms with Crippen LogP contribution in [0.15, 0.2) is 36.4 Å². The summed E-state index contributed by atoms with van der Waals surface area (Å²) in [7, 11) is 0. The van der Waals surface area contributed by atoms with E-state index in [1.165, 1.54) is 0 Å². The van der Waals surface area contributed by atoms with Gasteiger partial charge in [0.15, 0.2) is 18.1 Å². The number of hydrazine groups is 1. The summed E-state index contributed by atoms with van der Waals surface area (Å²) in [6.45, 7) is 3.50. The molecule has 142 valence electrons. The lowest BCUT2D eigenvalue weighted by molar-refractivity contribution is -0.135. The monoisotopic (exact) mass is 390 g/mol. The van der Waals surface area contributed by atoms with Crippen LogP contribution in [0.1, 0.15) is 11.1 Å². The number of nitrogens with one attached hydrogen (secondary N) is 2. The summed E-state index contributed by atoms with van der Waals surface area (Å²) in [5.41, 5.74) is 6.31.